The van der Waals surface area contributed by atoms with Crippen LogP contribution in [0.2, 0.25) is 0 Å². The third-order valence-corrected chi connectivity index (χ3v) is 10.4. The number of allylic oxidation sites excluding steroid dienone is 19. The molecule has 0 aromatic rings. The van der Waals surface area contributed by atoms with E-state index < -0.39 is 26.5 Å². The number of carbonyl (C=O) groups is 2. The van der Waals surface area contributed by atoms with Crippen molar-refractivity contribution in [2.45, 2.75) is 174 Å². The van der Waals surface area contributed by atoms with Crippen LogP contribution in [0.3, 0.4) is 0 Å². The first-order chi connectivity index (χ1) is 30.8. The Kier molecular flexibility index (Phi) is 45.2. The Morgan fingerprint density at radius 2 is 0.937 bits per heavy atom. The second-order valence-electron chi connectivity index (χ2n) is 15.4. The molecule has 0 spiro atoms. The van der Waals surface area contributed by atoms with Gasteiger partial charge in [-0.2, -0.15) is 0 Å². The summed E-state index contributed by atoms with van der Waals surface area (Å²) in [6, 6.07) is 0. The average Bonchev–Trinajstić information content (AvgIpc) is 3.27. The van der Waals surface area contributed by atoms with Gasteiger partial charge < -0.3 is 20.1 Å². The molecule has 0 heterocycles. The highest BCUT2D eigenvalue weighted by atomic mass is 31.2. The van der Waals surface area contributed by atoms with E-state index in [0.29, 0.717) is 6.42 Å². The van der Waals surface area contributed by atoms with E-state index in [2.05, 4.69) is 122 Å². The number of carbonyl (C=O) groups excluding carboxylic acids is 2. The second-order valence-corrected chi connectivity index (χ2v) is 16.8. The van der Waals surface area contributed by atoms with Crippen molar-refractivity contribution in [3.05, 3.63) is 122 Å². The van der Waals surface area contributed by atoms with Gasteiger partial charge >= 0.3 is 13.8 Å². The fourth-order valence-corrected chi connectivity index (χ4v) is 6.57. The number of phosphoric ester groups is 1. The van der Waals surface area contributed by atoms with E-state index >= 15 is 0 Å². The van der Waals surface area contributed by atoms with Crippen molar-refractivity contribution >= 4 is 19.7 Å². The number of amides is 1. The van der Waals surface area contributed by atoms with Crippen LogP contribution in [0.25, 0.3) is 0 Å². The van der Waals surface area contributed by atoms with Gasteiger partial charge in [-0.3, -0.25) is 18.6 Å². The van der Waals surface area contributed by atoms with E-state index in [0.717, 1.165) is 83.5 Å². The minimum absolute atomic E-state index is 0.0161. The topological polar surface area (TPSA) is 131 Å². The highest BCUT2D eigenvalue weighted by Crippen LogP contribution is 2.42. The van der Waals surface area contributed by atoms with Crippen LogP contribution in [-0.4, -0.2) is 54.3 Å². The van der Waals surface area contributed by atoms with Gasteiger partial charge in [-0.15, -0.1) is 0 Å². The molecule has 10 heteroatoms. The third-order valence-electron chi connectivity index (χ3n) is 9.40. The molecule has 0 saturated heterocycles. The van der Waals surface area contributed by atoms with Crippen LogP contribution in [0.15, 0.2) is 122 Å². The highest BCUT2D eigenvalue weighted by molar-refractivity contribution is 7.47. The van der Waals surface area contributed by atoms with E-state index in [1.807, 2.05) is 12.2 Å². The SMILES string of the molecule is CC/C=C\C/C=C\C/C=C\C/C=C\C/C=C\C/C=C\C/C=C\CC(=O)NCCOP(=O)(O)OCC(O)COC(=O)CCCCCCCCCC/C=C\C/C=C\C/C=C\CCCCC. The molecule has 0 aromatic carbocycles. The van der Waals surface area contributed by atoms with Gasteiger partial charge in [0.15, 0.2) is 0 Å². The molecule has 0 aliphatic rings. The van der Waals surface area contributed by atoms with Gasteiger partial charge in [-0.05, 0) is 89.9 Å². The first-order valence-electron chi connectivity index (χ1n) is 24.0. The number of aliphatic hydroxyl groups is 1. The Morgan fingerprint density at radius 3 is 1.41 bits per heavy atom. The molecule has 0 rings (SSSR count). The molecule has 0 radical (unpaired) electrons. The molecule has 0 aliphatic heterocycles. The maximum absolute atomic E-state index is 12.1. The predicted octanol–water partition coefficient (Wildman–Crippen LogP) is 14.1. The summed E-state index contributed by atoms with van der Waals surface area (Å²) < 4.78 is 26.9. The summed E-state index contributed by atoms with van der Waals surface area (Å²) in [5.41, 5.74) is 0. The molecule has 0 aliphatic carbocycles. The Hall–Kier alpha value is -3.59. The lowest BCUT2D eigenvalue weighted by Gasteiger charge is -2.15. The number of unbranched alkanes of at least 4 members (excludes halogenated alkanes) is 11. The molecule has 9 nitrogen and oxygen atoms in total. The molecular formula is C53H86NO8P. The fourth-order valence-electron chi connectivity index (χ4n) is 5.82. The molecular weight excluding hydrogens is 810 g/mol. The number of aliphatic hydroxyl groups excluding tert-OH is 1. The summed E-state index contributed by atoms with van der Waals surface area (Å²) in [7, 11) is -4.46. The lowest BCUT2D eigenvalue weighted by molar-refractivity contribution is -0.147. The van der Waals surface area contributed by atoms with Crippen molar-refractivity contribution in [1.82, 2.24) is 5.32 Å². The van der Waals surface area contributed by atoms with Gasteiger partial charge in [-0.1, -0.05) is 187 Å². The van der Waals surface area contributed by atoms with Gasteiger partial charge in [0.05, 0.1) is 13.2 Å². The van der Waals surface area contributed by atoms with Crippen LogP contribution < -0.4 is 5.32 Å². The fraction of sp³-hybridized carbons (Fsp3) is 0.585. The van der Waals surface area contributed by atoms with Gasteiger partial charge in [-0.25, -0.2) is 4.57 Å². The zero-order valence-electron chi connectivity index (χ0n) is 39.2. The Bertz CT molecular complexity index is 1440. The van der Waals surface area contributed by atoms with E-state index in [4.69, 9.17) is 13.8 Å². The van der Waals surface area contributed by atoms with Crippen LogP contribution in [0.5, 0.6) is 0 Å². The van der Waals surface area contributed by atoms with Crippen LogP contribution in [0.4, 0.5) is 0 Å². The zero-order chi connectivity index (χ0) is 46.0. The molecule has 0 bridgehead atoms. The molecule has 1 amide bonds. The van der Waals surface area contributed by atoms with Gasteiger partial charge in [0.2, 0.25) is 5.91 Å². The number of phosphoric acid groups is 1. The number of hydrogen-bond acceptors (Lipinski definition) is 7. The van der Waals surface area contributed by atoms with Crippen LogP contribution in [-0.2, 0) is 27.9 Å². The Balaban J connectivity index is 3.74. The highest BCUT2D eigenvalue weighted by Gasteiger charge is 2.23. The van der Waals surface area contributed by atoms with E-state index in [9.17, 15) is 24.2 Å². The van der Waals surface area contributed by atoms with Crippen molar-refractivity contribution in [2.75, 3.05) is 26.4 Å². The molecule has 0 fully saturated rings. The van der Waals surface area contributed by atoms with E-state index in [-0.39, 0.29) is 38.5 Å². The Morgan fingerprint density at radius 1 is 0.524 bits per heavy atom. The molecule has 0 aromatic heterocycles. The van der Waals surface area contributed by atoms with Gasteiger partial charge in [0, 0.05) is 19.4 Å². The van der Waals surface area contributed by atoms with Crippen LogP contribution in [0.1, 0.15) is 168 Å². The van der Waals surface area contributed by atoms with Gasteiger partial charge in [0.25, 0.3) is 0 Å². The lowest BCUT2D eigenvalue weighted by Crippen LogP contribution is -2.26. The summed E-state index contributed by atoms with van der Waals surface area (Å²) >= 11 is 0. The number of ether oxygens (including phenoxy) is 1. The third kappa shape index (κ3) is 49.3. The largest absolute Gasteiger partial charge is 0.472 e. The normalized spacial score (nSPS) is 14.3. The maximum atomic E-state index is 12.1. The zero-order valence-corrected chi connectivity index (χ0v) is 40.1. The molecule has 63 heavy (non-hydrogen) atoms. The number of nitrogens with one attached hydrogen (secondary N) is 1. The van der Waals surface area contributed by atoms with Crippen LogP contribution in [0, 0.1) is 0 Å². The average molecular weight is 896 g/mol. The van der Waals surface area contributed by atoms with Crippen LogP contribution >= 0.6 is 7.82 Å². The first kappa shape index (κ1) is 59.4. The maximum Gasteiger partial charge on any atom is 0.472 e. The van der Waals surface area contributed by atoms with E-state index in [1.165, 1.54) is 51.4 Å². The summed E-state index contributed by atoms with van der Waals surface area (Å²) in [5.74, 6) is -0.667. The van der Waals surface area contributed by atoms with Crippen molar-refractivity contribution in [2.24, 2.45) is 0 Å². The van der Waals surface area contributed by atoms with Crippen molar-refractivity contribution in [3.63, 3.8) is 0 Å². The summed E-state index contributed by atoms with van der Waals surface area (Å²) in [5, 5.41) is 12.7. The van der Waals surface area contributed by atoms with Crippen molar-refractivity contribution < 1.29 is 37.9 Å². The minimum atomic E-state index is -4.46. The minimum Gasteiger partial charge on any atom is -0.463 e. The van der Waals surface area contributed by atoms with Gasteiger partial charge in [0.1, 0.15) is 12.7 Å². The smallest absolute Gasteiger partial charge is 0.463 e. The quantitative estimate of drug-likeness (QED) is 0.0239. The number of hydrogen-bond donors (Lipinski definition) is 3. The number of rotatable bonds is 43. The predicted molar refractivity (Wildman–Crippen MR) is 265 cm³/mol. The van der Waals surface area contributed by atoms with Crippen molar-refractivity contribution in [1.29, 1.82) is 0 Å². The first-order valence-corrected chi connectivity index (χ1v) is 25.5. The Labute approximate surface area is 383 Å². The van der Waals surface area contributed by atoms with E-state index in [1.54, 1.807) is 6.08 Å². The monoisotopic (exact) mass is 896 g/mol. The molecule has 356 valence electrons. The summed E-state index contributed by atoms with van der Waals surface area (Å²) in [6.45, 7) is 3.26. The molecule has 0 saturated carbocycles. The lowest BCUT2D eigenvalue weighted by atomic mass is 10.1. The molecule has 2 atom stereocenters. The standard InChI is InChI=1S/C53H86NO8P/c1-3-5-7-9-11-13-15-17-19-21-23-25-27-29-31-33-35-37-39-41-43-45-52(56)54-47-48-61-63(58,59)62-50-51(55)49-60-53(57)46-44-42-40-38-36-34-32-30-28-26-24-22-20-18-16-14-12-10-8-6-4-2/h5,7,11-14,17-20,23-26,29,31,35,37,41,43,51,55H,3-4,6,8-10,15-16,21-22,27-28,30,32-34,36,38-40,42,44-50H2,1-2H3,(H,54,56)(H,58,59)/b7-5-,13-11-,14-12-,19-17-,20-18-,25-23-,26-24-,31-29-,37-35-,43-41-. The second kappa shape index (κ2) is 47.9. The molecule has 3 N–H and O–H groups in total. The number of esters is 1. The van der Waals surface area contributed by atoms with Crippen molar-refractivity contribution in [3.8, 4) is 0 Å². The molecule has 2 unspecified atom stereocenters. The summed E-state index contributed by atoms with van der Waals surface area (Å²) in [6.07, 6.45) is 65.8. The summed E-state index contributed by atoms with van der Waals surface area (Å²) in [4.78, 5) is 34.0.